The van der Waals surface area contributed by atoms with Crippen molar-refractivity contribution < 1.29 is 9.50 Å². The molecule has 0 aliphatic heterocycles. The molecule has 0 aliphatic carbocycles. The quantitative estimate of drug-likeness (QED) is 0.558. The van der Waals surface area contributed by atoms with Crippen LogP contribution in [-0.4, -0.2) is 24.9 Å². The van der Waals surface area contributed by atoms with Gasteiger partial charge in [0.15, 0.2) is 5.65 Å². The van der Waals surface area contributed by atoms with E-state index >= 15 is 0 Å². The molecule has 4 aromatic rings. The van der Waals surface area contributed by atoms with Crippen LogP contribution >= 0.6 is 0 Å². The molecule has 0 atom stereocenters. The molecule has 0 aliphatic rings. The first kappa shape index (κ1) is 15.1. The summed E-state index contributed by atoms with van der Waals surface area (Å²) >= 11 is 0. The molecule has 0 radical (unpaired) electrons. The number of phenols is 1. The lowest BCUT2D eigenvalue weighted by atomic mass is 10.2. The van der Waals surface area contributed by atoms with Gasteiger partial charge in [0.2, 0.25) is 0 Å². The van der Waals surface area contributed by atoms with Gasteiger partial charge < -0.3 is 10.4 Å². The zero-order valence-corrected chi connectivity index (χ0v) is 13.3. The molecule has 2 aromatic carbocycles. The van der Waals surface area contributed by atoms with Crippen molar-refractivity contribution in [2.75, 3.05) is 5.32 Å². The van der Waals surface area contributed by atoms with Crippen molar-refractivity contribution in [3.8, 4) is 11.4 Å². The number of nitrogens with one attached hydrogen (secondary N) is 1. The molecule has 25 heavy (non-hydrogen) atoms. The molecule has 2 N–H and O–H groups in total. The number of anilines is 2. The van der Waals surface area contributed by atoms with Crippen molar-refractivity contribution >= 4 is 22.5 Å². The first-order chi connectivity index (χ1) is 12.1. The molecule has 0 fully saturated rings. The smallest absolute Gasteiger partial charge is 0.168 e. The second-order valence-corrected chi connectivity index (χ2v) is 5.54. The maximum atomic E-state index is 14.2. The molecule has 0 spiro atoms. The van der Waals surface area contributed by atoms with Crippen LogP contribution in [-0.2, 0) is 0 Å². The minimum atomic E-state index is -0.376. The van der Waals surface area contributed by atoms with Gasteiger partial charge in [-0.1, -0.05) is 12.1 Å². The predicted octanol–water partition coefficient (Wildman–Crippen LogP) is 3.71. The van der Waals surface area contributed by atoms with Crippen LogP contribution in [0, 0.1) is 12.7 Å². The Morgan fingerprint density at radius 2 is 1.80 bits per heavy atom. The lowest BCUT2D eigenvalue weighted by molar-refractivity contribution is 0.475. The second-order valence-electron chi connectivity index (χ2n) is 5.54. The fourth-order valence-electron chi connectivity index (χ4n) is 2.69. The van der Waals surface area contributed by atoms with E-state index in [2.05, 4.69) is 20.4 Å². The lowest BCUT2D eigenvalue weighted by Crippen LogP contribution is -2.01. The summed E-state index contributed by atoms with van der Waals surface area (Å²) in [5.41, 5.74) is 2.28. The number of rotatable bonds is 3. The van der Waals surface area contributed by atoms with Crippen molar-refractivity contribution in [2.45, 2.75) is 6.92 Å². The van der Waals surface area contributed by atoms with Crippen LogP contribution in [0.1, 0.15) is 5.69 Å². The first-order valence-electron chi connectivity index (χ1n) is 7.65. The number of aromatic hydroxyl groups is 1. The van der Waals surface area contributed by atoms with Crippen molar-refractivity contribution in [1.29, 1.82) is 0 Å². The molecule has 0 saturated carbocycles. The van der Waals surface area contributed by atoms with Crippen molar-refractivity contribution in [3.63, 3.8) is 0 Å². The SMILES string of the molecule is Cc1nn(-c2ccccc2F)c2ncnc(Nc3ccc(O)cc3)c12. The predicted molar refractivity (Wildman–Crippen MR) is 92.7 cm³/mol. The van der Waals surface area contributed by atoms with Crippen LogP contribution in [0.2, 0.25) is 0 Å². The number of fused-ring (bicyclic) bond motifs is 1. The Labute approximate surface area is 142 Å². The van der Waals surface area contributed by atoms with Gasteiger partial charge >= 0.3 is 0 Å². The molecule has 6 nitrogen and oxygen atoms in total. The summed E-state index contributed by atoms with van der Waals surface area (Å²) in [6, 6.07) is 13.0. The maximum absolute atomic E-state index is 14.2. The molecule has 2 aromatic heterocycles. The summed E-state index contributed by atoms with van der Waals surface area (Å²) in [6.45, 7) is 1.82. The summed E-state index contributed by atoms with van der Waals surface area (Å²) < 4.78 is 15.6. The Balaban J connectivity index is 1.85. The summed E-state index contributed by atoms with van der Waals surface area (Å²) in [6.07, 6.45) is 1.41. The van der Waals surface area contributed by atoms with E-state index in [0.717, 1.165) is 5.69 Å². The minimum absolute atomic E-state index is 0.182. The normalized spacial score (nSPS) is 11.0. The number of phenolic OH excluding ortho intramolecular Hbond substituents is 1. The van der Waals surface area contributed by atoms with Gasteiger partial charge in [0.1, 0.15) is 29.4 Å². The highest BCUT2D eigenvalue weighted by Crippen LogP contribution is 2.28. The van der Waals surface area contributed by atoms with Gasteiger partial charge in [-0.2, -0.15) is 5.10 Å². The number of aryl methyl sites for hydroxylation is 1. The van der Waals surface area contributed by atoms with Crippen LogP contribution in [0.5, 0.6) is 5.75 Å². The molecule has 0 saturated heterocycles. The van der Waals surface area contributed by atoms with Crippen molar-refractivity contribution in [2.24, 2.45) is 0 Å². The van der Waals surface area contributed by atoms with Crippen LogP contribution in [0.4, 0.5) is 15.9 Å². The fourth-order valence-corrected chi connectivity index (χ4v) is 2.69. The number of nitrogens with zero attached hydrogens (tertiary/aromatic N) is 4. The number of halogens is 1. The lowest BCUT2D eigenvalue weighted by Gasteiger charge is -2.07. The molecule has 0 bridgehead atoms. The van der Waals surface area contributed by atoms with E-state index in [0.29, 0.717) is 28.2 Å². The van der Waals surface area contributed by atoms with Gasteiger partial charge in [0, 0.05) is 5.69 Å². The van der Waals surface area contributed by atoms with E-state index in [1.54, 1.807) is 42.5 Å². The van der Waals surface area contributed by atoms with Gasteiger partial charge in [0.25, 0.3) is 0 Å². The monoisotopic (exact) mass is 335 g/mol. The van der Waals surface area contributed by atoms with Gasteiger partial charge in [-0.25, -0.2) is 19.0 Å². The molecule has 124 valence electrons. The topological polar surface area (TPSA) is 75.9 Å². The third-order valence-corrected chi connectivity index (χ3v) is 3.85. The van der Waals surface area contributed by atoms with Crippen LogP contribution in [0.25, 0.3) is 16.7 Å². The van der Waals surface area contributed by atoms with Crippen molar-refractivity contribution in [3.05, 3.63) is 66.4 Å². The zero-order chi connectivity index (χ0) is 17.4. The Bertz CT molecular complexity index is 1060. The standard InChI is InChI=1S/C18H14FN5O/c1-11-16-17(22-12-6-8-13(25)9-7-12)20-10-21-18(16)24(23-11)15-5-3-2-4-14(15)19/h2-10,25H,1H3,(H,20,21,22). The molecular weight excluding hydrogens is 321 g/mol. The third kappa shape index (κ3) is 2.65. The molecule has 2 heterocycles. The van der Waals surface area contributed by atoms with Gasteiger partial charge in [-0.15, -0.1) is 0 Å². The highest BCUT2D eigenvalue weighted by molar-refractivity contribution is 5.91. The third-order valence-electron chi connectivity index (χ3n) is 3.85. The fraction of sp³-hybridized carbons (Fsp3) is 0.0556. The van der Waals surface area contributed by atoms with Crippen LogP contribution in [0.3, 0.4) is 0 Å². The van der Waals surface area contributed by atoms with Gasteiger partial charge in [-0.05, 0) is 43.3 Å². The average molecular weight is 335 g/mol. The summed E-state index contributed by atoms with van der Waals surface area (Å²) in [4.78, 5) is 8.56. The number of benzene rings is 2. The molecular formula is C18H14FN5O. The Morgan fingerprint density at radius 1 is 1.04 bits per heavy atom. The Hall–Kier alpha value is -3.48. The maximum Gasteiger partial charge on any atom is 0.168 e. The minimum Gasteiger partial charge on any atom is -0.508 e. The van der Waals surface area contributed by atoms with Crippen LogP contribution in [0.15, 0.2) is 54.9 Å². The first-order valence-corrected chi connectivity index (χ1v) is 7.65. The molecule has 7 heteroatoms. The van der Waals surface area contributed by atoms with E-state index in [4.69, 9.17) is 0 Å². The number of hydrogen-bond acceptors (Lipinski definition) is 5. The largest absolute Gasteiger partial charge is 0.508 e. The van der Waals surface area contributed by atoms with E-state index < -0.39 is 0 Å². The molecule has 0 unspecified atom stereocenters. The van der Waals surface area contributed by atoms with E-state index in [-0.39, 0.29) is 11.6 Å². The van der Waals surface area contributed by atoms with Crippen molar-refractivity contribution in [1.82, 2.24) is 19.7 Å². The van der Waals surface area contributed by atoms with E-state index in [1.807, 2.05) is 6.92 Å². The molecule has 4 rings (SSSR count). The highest BCUT2D eigenvalue weighted by atomic mass is 19.1. The average Bonchev–Trinajstić information content (AvgIpc) is 2.95. The molecule has 0 amide bonds. The van der Waals surface area contributed by atoms with Crippen LogP contribution < -0.4 is 5.32 Å². The summed E-state index contributed by atoms with van der Waals surface area (Å²) in [5.74, 6) is 0.372. The van der Waals surface area contributed by atoms with E-state index in [9.17, 15) is 9.50 Å². The highest BCUT2D eigenvalue weighted by Gasteiger charge is 2.17. The van der Waals surface area contributed by atoms with E-state index in [1.165, 1.54) is 17.1 Å². The Kier molecular flexibility index (Phi) is 3.53. The number of para-hydroxylation sites is 1. The second kappa shape index (κ2) is 5.86. The number of hydrogen-bond donors (Lipinski definition) is 2. The zero-order valence-electron chi connectivity index (χ0n) is 13.3. The summed E-state index contributed by atoms with van der Waals surface area (Å²) in [5, 5.41) is 17.7. The number of aromatic nitrogens is 4. The van der Waals surface area contributed by atoms with Gasteiger partial charge in [0.05, 0.1) is 11.1 Å². The summed E-state index contributed by atoms with van der Waals surface area (Å²) in [7, 11) is 0. The Morgan fingerprint density at radius 3 is 2.56 bits per heavy atom. The van der Waals surface area contributed by atoms with Gasteiger partial charge in [-0.3, -0.25) is 0 Å².